The number of aliphatic imine (C=N–C) groups is 2. The molecule has 0 spiro atoms. The van der Waals surface area contributed by atoms with Gasteiger partial charge in [-0.1, -0.05) is 24.3 Å². The van der Waals surface area contributed by atoms with Crippen molar-refractivity contribution in [1.82, 2.24) is 20.4 Å². The number of amidine groups is 2. The number of benzene rings is 1. The molecule has 4 aliphatic heterocycles. The van der Waals surface area contributed by atoms with Crippen LogP contribution in [0.25, 0.3) is 0 Å². The lowest BCUT2D eigenvalue weighted by molar-refractivity contribution is 0.199. The number of rotatable bonds is 6. The van der Waals surface area contributed by atoms with Crippen LogP contribution in [0.3, 0.4) is 0 Å². The quantitative estimate of drug-likeness (QED) is 0.720. The molecule has 0 aliphatic carbocycles. The van der Waals surface area contributed by atoms with Gasteiger partial charge >= 0.3 is 0 Å². The molecule has 6 heteroatoms. The second-order valence-electron chi connectivity index (χ2n) is 10.5. The Morgan fingerprint density at radius 3 is 1.38 bits per heavy atom. The van der Waals surface area contributed by atoms with Crippen LogP contribution in [0.2, 0.25) is 0 Å². The third-order valence-electron chi connectivity index (χ3n) is 7.64. The molecule has 0 bridgehead atoms. The van der Waals surface area contributed by atoms with E-state index in [0.29, 0.717) is 23.9 Å². The van der Waals surface area contributed by atoms with Gasteiger partial charge in [0.15, 0.2) is 0 Å². The van der Waals surface area contributed by atoms with E-state index >= 15 is 0 Å². The largest absolute Gasteiger partial charge is 0.369 e. The number of nitrogens with zero attached hydrogens (tertiary/aromatic N) is 4. The maximum Gasteiger partial charge on any atom is 0.0998 e. The second-order valence-corrected chi connectivity index (χ2v) is 10.5. The van der Waals surface area contributed by atoms with Gasteiger partial charge in [0, 0.05) is 37.0 Å². The molecule has 5 rings (SSSR count). The van der Waals surface area contributed by atoms with E-state index in [1.165, 1.54) is 74.7 Å². The monoisotopic (exact) mass is 436 g/mol. The Kier molecular flexibility index (Phi) is 6.79. The predicted octanol–water partition coefficient (Wildman–Crippen LogP) is 2.89. The molecule has 0 radical (unpaired) electrons. The highest BCUT2D eigenvalue weighted by atomic mass is 15.2. The Bertz CT molecular complexity index is 746. The lowest BCUT2D eigenvalue weighted by Gasteiger charge is -2.33. The summed E-state index contributed by atoms with van der Waals surface area (Å²) in [5, 5.41) is 7.13. The Morgan fingerprint density at radius 1 is 0.688 bits per heavy atom. The summed E-state index contributed by atoms with van der Waals surface area (Å²) >= 11 is 0. The van der Waals surface area contributed by atoms with Crippen LogP contribution in [0, 0.1) is 11.8 Å². The maximum atomic E-state index is 4.71. The van der Waals surface area contributed by atoms with Gasteiger partial charge in [-0.15, -0.1) is 0 Å². The van der Waals surface area contributed by atoms with E-state index in [2.05, 4.69) is 58.5 Å². The lowest BCUT2D eigenvalue weighted by Crippen LogP contribution is -2.40. The van der Waals surface area contributed by atoms with Crippen LogP contribution in [0.4, 0.5) is 0 Å². The lowest BCUT2D eigenvalue weighted by atomic mass is 9.94. The summed E-state index contributed by atoms with van der Waals surface area (Å²) in [5.74, 6) is 3.82. The molecule has 0 aromatic heterocycles. The minimum Gasteiger partial charge on any atom is -0.369 e. The standard InChI is InChI=1S/C26H40N6/c1-19-15-27-25(29-19)23-7-11-31(12-8-23)17-21-3-5-22(6-4-21)18-32-13-9-24(10-14-32)26-28-16-20(2)30-26/h3-6,19-20,23-24H,7-18H2,1-2H3,(H,27,29)(H,28,30). The van der Waals surface area contributed by atoms with Crippen LogP contribution in [-0.4, -0.2) is 72.8 Å². The molecule has 2 unspecified atom stereocenters. The van der Waals surface area contributed by atoms with Gasteiger partial charge in [0.1, 0.15) is 0 Å². The van der Waals surface area contributed by atoms with Gasteiger partial charge in [0.25, 0.3) is 0 Å². The zero-order chi connectivity index (χ0) is 21.9. The van der Waals surface area contributed by atoms with Crippen molar-refractivity contribution in [1.29, 1.82) is 0 Å². The molecular weight excluding hydrogens is 396 g/mol. The first kappa shape index (κ1) is 21.9. The highest BCUT2D eigenvalue weighted by Crippen LogP contribution is 2.23. The summed E-state index contributed by atoms with van der Waals surface area (Å²) in [6.45, 7) is 13.2. The van der Waals surface area contributed by atoms with Crippen molar-refractivity contribution in [2.24, 2.45) is 21.8 Å². The van der Waals surface area contributed by atoms with Crippen molar-refractivity contribution < 1.29 is 0 Å². The van der Waals surface area contributed by atoms with Crippen LogP contribution >= 0.6 is 0 Å². The number of likely N-dealkylation sites (tertiary alicyclic amines) is 2. The highest BCUT2D eigenvalue weighted by molar-refractivity contribution is 5.86. The normalized spacial score (nSPS) is 28.3. The molecule has 2 saturated heterocycles. The first-order valence-corrected chi connectivity index (χ1v) is 12.8. The van der Waals surface area contributed by atoms with Gasteiger partial charge in [0.2, 0.25) is 0 Å². The molecule has 2 atom stereocenters. The summed E-state index contributed by atoms with van der Waals surface area (Å²) in [4.78, 5) is 14.6. The highest BCUT2D eigenvalue weighted by Gasteiger charge is 2.27. The van der Waals surface area contributed by atoms with E-state index in [1.807, 2.05) is 0 Å². The number of hydrogen-bond acceptors (Lipinski definition) is 6. The van der Waals surface area contributed by atoms with Crippen LogP contribution in [0.1, 0.15) is 50.7 Å². The molecule has 1 aromatic carbocycles. The number of piperidine rings is 2. The number of hydrogen-bond donors (Lipinski definition) is 2. The Balaban J connectivity index is 1.04. The molecule has 6 nitrogen and oxygen atoms in total. The maximum absolute atomic E-state index is 4.71. The average Bonchev–Trinajstić information content (AvgIpc) is 3.44. The minimum atomic E-state index is 0.524. The Labute approximate surface area is 193 Å². The Morgan fingerprint density at radius 2 is 1.06 bits per heavy atom. The minimum absolute atomic E-state index is 0.524. The fourth-order valence-corrected chi connectivity index (χ4v) is 5.65. The molecule has 1 aromatic rings. The van der Waals surface area contributed by atoms with Crippen LogP contribution in [-0.2, 0) is 13.1 Å². The van der Waals surface area contributed by atoms with Crippen LogP contribution < -0.4 is 10.6 Å². The topological polar surface area (TPSA) is 55.3 Å². The van der Waals surface area contributed by atoms with E-state index in [-0.39, 0.29) is 0 Å². The summed E-state index contributed by atoms with van der Waals surface area (Å²) < 4.78 is 0. The van der Waals surface area contributed by atoms with E-state index in [9.17, 15) is 0 Å². The van der Waals surface area contributed by atoms with Crippen molar-refractivity contribution >= 4 is 11.7 Å². The predicted molar refractivity (Wildman–Crippen MR) is 132 cm³/mol. The first-order valence-electron chi connectivity index (χ1n) is 12.8. The molecule has 4 heterocycles. The van der Waals surface area contributed by atoms with Gasteiger partial charge in [-0.25, -0.2) is 0 Å². The van der Waals surface area contributed by atoms with Gasteiger partial charge in [-0.05, 0) is 76.8 Å². The molecule has 0 amide bonds. The molecule has 32 heavy (non-hydrogen) atoms. The van der Waals surface area contributed by atoms with Crippen molar-refractivity contribution in [2.75, 3.05) is 39.3 Å². The van der Waals surface area contributed by atoms with Crippen molar-refractivity contribution in [3.63, 3.8) is 0 Å². The molecular formula is C26H40N6. The van der Waals surface area contributed by atoms with Gasteiger partial charge in [0.05, 0.1) is 24.8 Å². The van der Waals surface area contributed by atoms with E-state index in [4.69, 9.17) is 9.98 Å². The molecule has 0 saturated carbocycles. The third kappa shape index (κ3) is 5.34. The molecule has 2 N–H and O–H groups in total. The summed E-state index contributed by atoms with van der Waals surface area (Å²) in [5.41, 5.74) is 2.88. The van der Waals surface area contributed by atoms with Gasteiger partial charge in [-0.3, -0.25) is 19.8 Å². The van der Waals surface area contributed by atoms with E-state index < -0.39 is 0 Å². The van der Waals surface area contributed by atoms with Crippen LogP contribution in [0.15, 0.2) is 34.3 Å². The van der Waals surface area contributed by atoms with Crippen molar-refractivity contribution in [3.8, 4) is 0 Å². The Hall–Kier alpha value is -1.92. The second kappa shape index (κ2) is 9.92. The van der Waals surface area contributed by atoms with Crippen molar-refractivity contribution in [2.45, 2.75) is 64.7 Å². The van der Waals surface area contributed by atoms with E-state index in [0.717, 1.165) is 26.2 Å². The molecule has 4 aliphatic rings. The average molecular weight is 437 g/mol. The number of nitrogens with one attached hydrogen (secondary N) is 2. The first-order chi connectivity index (χ1) is 15.6. The van der Waals surface area contributed by atoms with E-state index in [1.54, 1.807) is 0 Å². The van der Waals surface area contributed by atoms with Gasteiger partial charge in [-0.2, -0.15) is 0 Å². The van der Waals surface area contributed by atoms with Gasteiger partial charge < -0.3 is 10.6 Å². The smallest absolute Gasteiger partial charge is 0.0998 e. The summed E-state index contributed by atoms with van der Waals surface area (Å²) in [6.07, 6.45) is 4.92. The molecule has 2 fully saturated rings. The zero-order valence-corrected chi connectivity index (χ0v) is 19.9. The summed E-state index contributed by atoms with van der Waals surface area (Å²) in [6, 6.07) is 10.4. The summed E-state index contributed by atoms with van der Waals surface area (Å²) in [7, 11) is 0. The fourth-order valence-electron chi connectivity index (χ4n) is 5.65. The van der Waals surface area contributed by atoms with Crippen LogP contribution in [0.5, 0.6) is 0 Å². The SMILES string of the molecule is CC1CN=C(C2CCN(Cc3ccc(CN4CCC(C5=NCC(C)N5)CC4)cc3)CC2)N1. The third-order valence-corrected chi connectivity index (χ3v) is 7.64. The fraction of sp³-hybridized carbons (Fsp3) is 0.692. The zero-order valence-electron chi connectivity index (χ0n) is 19.9. The van der Waals surface area contributed by atoms with Crippen molar-refractivity contribution in [3.05, 3.63) is 35.4 Å². The molecule has 174 valence electrons.